The lowest BCUT2D eigenvalue weighted by atomic mass is 10.1. The first-order valence-corrected chi connectivity index (χ1v) is 8.69. The van der Waals surface area contributed by atoms with Gasteiger partial charge >= 0.3 is 0 Å². The molecule has 0 aliphatic heterocycles. The highest BCUT2D eigenvalue weighted by molar-refractivity contribution is 5.88. The van der Waals surface area contributed by atoms with Gasteiger partial charge in [-0.25, -0.2) is 4.98 Å². The Morgan fingerprint density at radius 2 is 1.84 bits per heavy atom. The van der Waals surface area contributed by atoms with Crippen LogP contribution >= 0.6 is 0 Å². The summed E-state index contributed by atoms with van der Waals surface area (Å²) in [6.07, 6.45) is 2.24. The van der Waals surface area contributed by atoms with Gasteiger partial charge in [-0.3, -0.25) is 0 Å². The molecule has 0 N–H and O–H groups in total. The summed E-state index contributed by atoms with van der Waals surface area (Å²) in [5.74, 6) is 0.976. The Hall–Kier alpha value is -3.12. The van der Waals surface area contributed by atoms with Gasteiger partial charge in [0.1, 0.15) is 5.82 Å². The van der Waals surface area contributed by atoms with Gasteiger partial charge in [0.05, 0.1) is 22.7 Å². The number of benzene rings is 3. The Balaban J connectivity index is 1.92. The van der Waals surface area contributed by atoms with E-state index in [1.807, 2.05) is 18.2 Å². The summed E-state index contributed by atoms with van der Waals surface area (Å²) in [7, 11) is 0. The van der Waals surface area contributed by atoms with Gasteiger partial charge in [-0.1, -0.05) is 49.7 Å². The van der Waals surface area contributed by atoms with Gasteiger partial charge in [-0.05, 0) is 41.5 Å². The third-order valence-corrected chi connectivity index (χ3v) is 4.62. The number of fused-ring (bicyclic) bond motifs is 2. The smallest absolute Gasteiger partial charge is 0.141 e. The molecular formula is C22H19N3. The summed E-state index contributed by atoms with van der Waals surface area (Å²) in [5.41, 5.74) is 3.75. The zero-order valence-corrected chi connectivity index (χ0v) is 14.2. The molecule has 0 bridgehead atoms. The maximum absolute atomic E-state index is 9.17. The lowest BCUT2D eigenvalue weighted by molar-refractivity contribution is 0.651. The van der Waals surface area contributed by atoms with E-state index >= 15 is 0 Å². The molecule has 0 saturated heterocycles. The van der Waals surface area contributed by atoms with Crippen LogP contribution in [0.25, 0.3) is 33.2 Å². The molecule has 25 heavy (non-hydrogen) atoms. The van der Waals surface area contributed by atoms with Crippen LogP contribution in [0.1, 0.15) is 25.3 Å². The molecule has 4 aromatic rings. The second-order valence-corrected chi connectivity index (χ2v) is 6.32. The normalized spacial score (nSPS) is 11.0. The number of nitrogens with zero attached hydrogens (tertiary/aromatic N) is 3. The molecule has 1 heterocycles. The maximum Gasteiger partial charge on any atom is 0.141 e. The second-order valence-electron chi connectivity index (χ2n) is 6.32. The first-order valence-electron chi connectivity index (χ1n) is 8.69. The minimum absolute atomic E-state index is 0.651. The number of rotatable bonds is 4. The minimum atomic E-state index is 0.651. The Morgan fingerprint density at radius 3 is 2.64 bits per heavy atom. The third-order valence-electron chi connectivity index (χ3n) is 4.62. The van der Waals surface area contributed by atoms with E-state index in [1.54, 1.807) is 0 Å². The highest BCUT2D eigenvalue weighted by atomic mass is 15.1. The van der Waals surface area contributed by atoms with Crippen molar-refractivity contribution in [3.63, 3.8) is 0 Å². The van der Waals surface area contributed by atoms with E-state index in [1.165, 1.54) is 10.8 Å². The number of hydrogen-bond acceptors (Lipinski definition) is 2. The third kappa shape index (κ3) is 2.77. The highest BCUT2D eigenvalue weighted by Crippen LogP contribution is 2.28. The molecule has 0 saturated carbocycles. The predicted octanol–water partition coefficient (Wildman–Crippen LogP) is 5.53. The standard InChI is InChI=1S/C22H19N3/c1-2-3-12-25-21-11-8-16(15-23)13-20(21)24-22(25)19-10-9-17-6-4-5-7-18(17)14-19/h4-11,13-14H,2-3,12H2,1H3. The van der Waals surface area contributed by atoms with E-state index in [0.717, 1.165) is 41.8 Å². The summed E-state index contributed by atoms with van der Waals surface area (Å²) >= 11 is 0. The van der Waals surface area contributed by atoms with Gasteiger partial charge in [0, 0.05) is 12.1 Å². The molecule has 3 aromatic carbocycles. The molecule has 0 aliphatic rings. The van der Waals surface area contributed by atoms with E-state index in [9.17, 15) is 0 Å². The van der Waals surface area contributed by atoms with E-state index in [-0.39, 0.29) is 0 Å². The molecule has 0 aliphatic carbocycles. The average Bonchev–Trinajstić information content (AvgIpc) is 3.03. The predicted molar refractivity (Wildman–Crippen MR) is 102 cm³/mol. The van der Waals surface area contributed by atoms with E-state index in [0.29, 0.717) is 5.56 Å². The van der Waals surface area contributed by atoms with Crippen LogP contribution in [-0.4, -0.2) is 9.55 Å². The van der Waals surface area contributed by atoms with Crippen molar-refractivity contribution in [1.82, 2.24) is 9.55 Å². The fourth-order valence-corrected chi connectivity index (χ4v) is 3.29. The van der Waals surface area contributed by atoms with E-state index in [4.69, 9.17) is 10.2 Å². The molecule has 0 fully saturated rings. The van der Waals surface area contributed by atoms with Crippen molar-refractivity contribution in [1.29, 1.82) is 5.26 Å². The number of imidazole rings is 1. The van der Waals surface area contributed by atoms with Crippen LogP contribution in [0.3, 0.4) is 0 Å². The van der Waals surface area contributed by atoms with Crippen molar-refractivity contribution in [2.45, 2.75) is 26.3 Å². The van der Waals surface area contributed by atoms with Crippen molar-refractivity contribution in [2.75, 3.05) is 0 Å². The zero-order valence-electron chi connectivity index (χ0n) is 14.2. The van der Waals surface area contributed by atoms with Crippen LogP contribution in [0.5, 0.6) is 0 Å². The highest BCUT2D eigenvalue weighted by Gasteiger charge is 2.13. The van der Waals surface area contributed by atoms with Gasteiger partial charge in [-0.15, -0.1) is 0 Å². The van der Waals surface area contributed by atoms with Gasteiger partial charge in [-0.2, -0.15) is 5.26 Å². The van der Waals surface area contributed by atoms with Gasteiger partial charge in [0.15, 0.2) is 0 Å². The molecule has 0 radical (unpaired) electrons. The summed E-state index contributed by atoms with van der Waals surface area (Å²) in [5, 5.41) is 11.6. The van der Waals surface area contributed by atoms with Crippen LogP contribution in [0.4, 0.5) is 0 Å². The molecule has 0 spiro atoms. The lowest BCUT2D eigenvalue weighted by Gasteiger charge is -2.09. The monoisotopic (exact) mass is 325 g/mol. The molecular weight excluding hydrogens is 306 g/mol. The fourth-order valence-electron chi connectivity index (χ4n) is 3.29. The van der Waals surface area contributed by atoms with Gasteiger partial charge in [0.25, 0.3) is 0 Å². The van der Waals surface area contributed by atoms with Crippen molar-refractivity contribution in [3.8, 4) is 17.5 Å². The zero-order chi connectivity index (χ0) is 17.2. The molecule has 0 atom stereocenters. The molecule has 122 valence electrons. The second kappa shape index (κ2) is 6.41. The first kappa shape index (κ1) is 15.4. The summed E-state index contributed by atoms with van der Waals surface area (Å²) < 4.78 is 2.28. The Labute approximate surface area is 147 Å². The van der Waals surface area contributed by atoms with Gasteiger partial charge in [0.2, 0.25) is 0 Å². The SMILES string of the molecule is CCCCn1c(-c2ccc3ccccc3c2)nc2cc(C#N)ccc21. The Bertz CT molecular complexity index is 1100. The summed E-state index contributed by atoms with van der Waals surface area (Å²) in [4.78, 5) is 4.86. The van der Waals surface area contributed by atoms with E-state index in [2.05, 4.69) is 60.0 Å². The molecule has 4 rings (SSSR count). The topological polar surface area (TPSA) is 41.6 Å². The van der Waals surface area contributed by atoms with Gasteiger partial charge < -0.3 is 4.57 Å². The number of aromatic nitrogens is 2. The number of unbranched alkanes of at least 4 members (excludes halogenated alkanes) is 1. The van der Waals surface area contributed by atoms with Crippen molar-refractivity contribution in [3.05, 3.63) is 66.2 Å². The number of nitriles is 1. The quantitative estimate of drug-likeness (QED) is 0.495. The molecule has 3 heteroatoms. The lowest BCUT2D eigenvalue weighted by Crippen LogP contribution is -2.00. The first-order chi connectivity index (χ1) is 12.3. The maximum atomic E-state index is 9.17. The molecule has 1 aromatic heterocycles. The molecule has 3 nitrogen and oxygen atoms in total. The minimum Gasteiger partial charge on any atom is -0.324 e. The summed E-state index contributed by atoms with van der Waals surface area (Å²) in [6, 6.07) is 22.8. The van der Waals surface area contributed by atoms with Crippen LogP contribution in [0.15, 0.2) is 60.7 Å². The average molecular weight is 325 g/mol. The van der Waals surface area contributed by atoms with Crippen LogP contribution < -0.4 is 0 Å². The van der Waals surface area contributed by atoms with Crippen molar-refractivity contribution >= 4 is 21.8 Å². The Kier molecular flexibility index (Phi) is 3.95. The van der Waals surface area contributed by atoms with E-state index < -0.39 is 0 Å². The fraction of sp³-hybridized carbons (Fsp3) is 0.182. The number of hydrogen-bond donors (Lipinski definition) is 0. The largest absolute Gasteiger partial charge is 0.324 e. The van der Waals surface area contributed by atoms with Crippen LogP contribution in [0.2, 0.25) is 0 Å². The van der Waals surface area contributed by atoms with Crippen LogP contribution in [-0.2, 0) is 6.54 Å². The molecule has 0 amide bonds. The Morgan fingerprint density at radius 1 is 1.00 bits per heavy atom. The van der Waals surface area contributed by atoms with Crippen LogP contribution in [0, 0.1) is 11.3 Å². The van der Waals surface area contributed by atoms with Crippen molar-refractivity contribution in [2.24, 2.45) is 0 Å². The molecule has 0 unspecified atom stereocenters. The van der Waals surface area contributed by atoms with Crippen molar-refractivity contribution < 1.29 is 0 Å². The number of aryl methyl sites for hydroxylation is 1. The summed E-state index contributed by atoms with van der Waals surface area (Å²) in [6.45, 7) is 3.13.